The van der Waals surface area contributed by atoms with E-state index in [9.17, 15) is 4.39 Å². The normalized spacial score (nSPS) is 10.1. The van der Waals surface area contributed by atoms with Crippen molar-refractivity contribution in [2.45, 2.75) is 20.1 Å². The number of benzene rings is 2. The molecule has 0 amide bonds. The summed E-state index contributed by atoms with van der Waals surface area (Å²) in [6.07, 6.45) is 0. The van der Waals surface area contributed by atoms with Gasteiger partial charge >= 0.3 is 0 Å². The van der Waals surface area contributed by atoms with Gasteiger partial charge in [-0.3, -0.25) is 0 Å². The van der Waals surface area contributed by atoms with Gasteiger partial charge in [0.2, 0.25) is 0 Å². The van der Waals surface area contributed by atoms with Crippen molar-refractivity contribution in [2.75, 3.05) is 0 Å². The number of hydrogen-bond acceptors (Lipinski definition) is 3. The van der Waals surface area contributed by atoms with E-state index in [0.29, 0.717) is 11.1 Å². The number of aryl methyl sites for hydroxylation is 1. The Bertz CT molecular complexity index is 662. The van der Waals surface area contributed by atoms with Crippen molar-refractivity contribution < 1.29 is 9.13 Å². The van der Waals surface area contributed by atoms with Crippen molar-refractivity contribution in [3.63, 3.8) is 0 Å². The van der Waals surface area contributed by atoms with Crippen LogP contribution in [-0.2, 0) is 13.2 Å². The van der Waals surface area contributed by atoms with Crippen molar-refractivity contribution >= 4 is 0 Å². The van der Waals surface area contributed by atoms with Crippen molar-refractivity contribution in [3.05, 3.63) is 64.5 Å². The number of rotatable bonds is 4. The highest BCUT2D eigenvalue weighted by molar-refractivity contribution is 5.38. The predicted octanol–water partition coefficient (Wildman–Crippen LogP) is 3.04. The minimum atomic E-state index is -0.417. The molecule has 2 aromatic rings. The number of ether oxygens (including phenoxy) is 1. The average Bonchev–Trinajstić information content (AvgIpc) is 2.46. The highest BCUT2D eigenvalue weighted by atomic mass is 19.1. The zero-order valence-corrected chi connectivity index (χ0v) is 11.2. The molecule has 0 fully saturated rings. The van der Waals surface area contributed by atoms with Crippen molar-refractivity contribution in [1.29, 1.82) is 5.26 Å². The molecular formula is C16H15FN2O. The molecule has 2 rings (SSSR count). The molecule has 3 nitrogen and oxygen atoms in total. The molecule has 0 heterocycles. The zero-order valence-electron chi connectivity index (χ0n) is 11.2. The SMILES string of the molecule is Cc1cc(C#N)ccc1COc1c(F)cccc1CN. The van der Waals surface area contributed by atoms with Crippen LogP contribution in [0.5, 0.6) is 5.75 Å². The Kier molecular flexibility index (Phi) is 4.34. The van der Waals surface area contributed by atoms with Crippen LogP contribution < -0.4 is 10.5 Å². The molecule has 0 aromatic heterocycles. The van der Waals surface area contributed by atoms with Gasteiger partial charge in [0, 0.05) is 12.1 Å². The number of nitrogens with two attached hydrogens (primary N) is 1. The lowest BCUT2D eigenvalue weighted by atomic mass is 10.1. The maximum Gasteiger partial charge on any atom is 0.165 e. The number of halogens is 1. The van der Waals surface area contributed by atoms with Gasteiger partial charge in [-0.2, -0.15) is 5.26 Å². The Morgan fingerprint density at radius 3 is 2.70 bits per heavy atom. The van der Waals surface area contributed by atoms with E-state index in [-0.39, 0.29) is 18.9 Å². The number of nitriles is 1. The molecule has 0 aliphatic heterocycles. The van der Waals surface area contributed by atoms with Gasteiger partial charge < -0.3 is 10.5 Å². The van der Waals surface area contributed by atoms with Gasteiger partial charge in [0.15, 0.2) is 11.6 Å². The third kappa shape index (κ3) is 2.95. The minimum absolute atomic E-state index is 0.193. The highest BCUT2D eigenvalue weighted by Gasteiger charge is 2.09. The molecule has 2 N–H and O–H groups in total. The quantitative estimate of drug-likeness (QED) is 0.929. The van der Waals surface area contributed by atoms with Crippen molar-refractivity contribution in [3.8, 4) is 11.8 Å². The van der Waals surface area contributed by atoms with E-state index in [1.807, 2.05) is 13.0 Å². The lowest BCUT2D eigenvalue weighted by Gasteiger charge is -2.12. The summed E-state index contributed by atoms with van der Waals surface area (Å²) in [6, 6.07) is 12.1. The number of para-hydroxylation sites is 1. The minimum Gasteiger partial charge on any atom is -0.485 e. The zero-order chi connectivity index (χ0) is 14.5. The lowest BCUT2D eigenvalue weighted by Crippen LogP contribution is -2.05. The molecule has 0 spiro atoms. The third-order valence-electron chi connectivity index (χ3n) is 3.11. The summed E-state index contributed by atoms with van der Waals surface area (Å²) >= 11 is 0. The van der Waals surface area contributed by atoms with Crippen molar-refractivity contribution in [1.82, 2.24) is 0 Å². The summed E-state index contributed by atoms with van der Waals surface area (Å²) in [5.74, 6) is -0.224. The van der Waals surface area contributed by atoms with Gasteiger partial charge in [-0.1, -0.05) is 18.2 Å². The molecule has 0 aliphatic rings. The van der Waals surface area contributed by atoms with Crippen LogP contribution in [0, 0.1) is 24.1 Å². The lowest BCUT2D eigenvalue weighted by molar-refractivity contribution is 0.286. The summed E-state index contributed by atoms with van der Waals surface area (Å²) in [5.41, 5.74) is 8.66. The van der Waals surface area contributed by atoms with E-state index in [1.165, 1.54) is 6.07 Å². The number of nitrogens with zero attached hydrogens (tertiary/aromatic N) is 1. The molecule has 0 unspecified atom stereocenters. The van der Waals surface area contributed by atoms with Crippen LogP contribution in [-0.4, -0.2) is 0 Å². The fourth-order valence-corrected chi connectivity index (χ4v) is 1.95. The Labute approximate surface area is 117 Å². The van der Waals surface area contributed by atoms with E-state index in [4.69, 9.17) is 15.7 Å². The topological polar surface area (TPSA) is 59.0 Å². The van der Waals surface area contributed by atoms with Gasteiger partial charge in [0.05, 0.1) is 11.6 Å². The van der Waals surface area contributed by atoms with E-state index < -0.39 is 5.82 Å². The van der Waals surface area contributed by atoms with Gasteiger partial charge in [0.1, 0.15) is 6.61 Å². The van der Waals surface area contributed by atoms with E-state index in [0.717, 1.165) is 11.1 Å². The molecule has 0 saturated carbocycles. The van der Waals surface area contributed by atoms with Crippen LogP contribution in [0.2, 0.25) is 0 Å². The van der Waals surface area contributed by atoms with Crippen LogP contribution in [0.1, 0.15) is 22.3 Å². The average molecular weight is 270 g/mol. The Morgan fingerprint density at radius 1 is 1.25 bits per heavy atom. The molecular weight excluding hydrogens is 255 g/mol. The molecule has 20 heavy (non-hydrogen) atoms. The molecule has 0 atom stereocenters. The smallest absolute Gasteiger partial charge is 0.165 e. The Balaban J connectivity index is 2.19. The predicted molar refractivity (Wildman–Crippen MR) is 74.5 cm³/mol. The number of hydrogen-bond donors (Lipinski definition) is 1. The largest absolute Gasteiger partial charge is 0.485 e. The van der Waals surface area contributed by atoms with Crippen LogP contribution in [0.15, 0.2) is 36.4 Å². The summed E-state index contributed by atoms with van der Waals surface area (Å²) < 4.78 is 19.3. The van der Waals surface area contributed by atoms with Gasteiger partial charge in [0.25, 0.3) is 0 Å². The Hall–Kier alpha value is -2.38. The van der Waals surface area contributed by atoms with Crippen LogP contribution in [0.3, 0.4) is 0 Å². The van der Waals surface area contributed by atoms with E-state index >= 15 is 0 Å². The summed E-state index contributed by atoms with van der Waals surface area (Å²) in [7, 11) is 0. The molecule has 0 aliphatic carbocycles. The molecule has 0 radical (unpaired) electrons. The maximum absolute atomic E-state index is 13.7. The van der Waals surface area contributed by atoms with Crippen LogP contribution in [0.4, 0.5) is 4.39 Å². The third-order valence-corrected chi connectivity index (χ3v) is 3.11. The molecule has 102 valence electrons. The van der Waals surface area contributed by atoms with Gasteiger partial charge in [-0.25, -0.2) is 4.39 Å². The molecule has 4 heteroatoms. The molecule has 0 saturated heterocycles. The summed E-state index contributed by atoms with van der Waals surface area (Å²) in [4.78, 5) is 0. The first-order valence-electron chi connectivity index (χ1n) is 6.25. The van der Waals surface area contributed by atoms with Crippen LogP contribution in [0.25, 0.3) is 0 Å². The van der Waals surface area contributed by atoms with Crippen molar-refractivity contribution in [2.24, 2.45) is 5.73 Å². The van der Waals surface area contributed by atoms with Crippen LogP contribution >= 0.6 is 0 Å². The van der Waals surface area contributed by atoms with Gasteiger partial charge in [-0.05, 0) is 36.2 Å². The second kappa shape index (κ2) is 6.18. The maximum atomic E-state index is 13.7. The Morgan fingerprint density at radius 2 is 2.05 bits per heavy atom. The summed E-state index contributed by atoms with van der Waals surface area (Å²) in [6.45, 7) is 2.36. The second-order valence-electron chi connectivity index (χ2n) is 4.47. The first-order valence-corrected chi connectivity index (χ1v) is 6.25. The fraction of sp³-hybridized carbons (Fsp3) is 0.188. The van der Waals surface area contributed by atoms with E-state index in [1.54, 1.807) is 24.3 Å². The first-order chi connectivity index (χ1) is 9.65. The molecule has 2 aromatic carbocycles. The monoisotopic (exact) mass is 270 g/mol. The highest BCUT2D eigenvalue weighted by Crippen LogP contribution is 2.24. The first kappa shape index (κ1) is 14.0. The summed E-state index contributed by atoms with van der Waals surface area (Å²) in [5, 5.41) is 8.82. The van der Waals surface area contributed by atoms with E-state index in [2.05, 4.69) is 6.07 Å². The molecule has 0 bridgehead atoms. The fourth-order valence-electron chi connectivity index (χ4n) is 1.95. The van der Waals surface area contributed by atoms with Gasteiger partial charge in [-0.15, -0.1) is 0 Å². The standard InChI is InChI=1S/C16H15FN2O/c1-11-7-12(8-18)5-6-14(11)10-20-16-13(9-19)3-2-4-15(16)17/h2-7H,9-10,19H2,1H3. The second-order valence-corrected chi connectivity index (χ2v) is 4.47.